The average Bonchev–Trinajstić information content (AvgIpc) is 2.49. The van der Waals surface area contributed by atoms with E-state index in [1.807, 2.05) is 24.3 Å². The fraction of sp³-hybridized carbons (Fsp3) is 0. The highest BCUT2D eigenvalue weighted by Crippen LogP contribution is 2.28. The van der Waals surface area contributed by atoms with Crippen molar-refractivity contribution in [1.82, 2.24) is 9.97 Å². The van der Waals surface area contributed by atoms with Gasteiger partial charge in [0.1, 0.15) is 12.1 Å². The number of para-hydroxylation sites is 1. The van der Waals surface area contributed by atoms with Gasteiger partial charge in [-0.2, -0.15) is 0 Å². The van der Waals surface area contributed by atoms with E-state index in [-0.39, 0.29) is 5.56 Å². The molecular formula is C15H10ClN3O2. The van der Waals surface area contributed by atoms with Crippen molar-refractivity contribution in [3.8, 4) is 0 Å². The highest BCUT2D eigenvalue weighted by molar-refractivity contribution is 6.33. The molecule has 0 aliphatic heterocycles. The lowest BCUT2D eigenvalue weighted by Gasteiger charge is -2.10. The minimum atomic E-state index is -1.02. The zero-order chi connectivity index (χ0) is 14.8. The van der Waals surface area contributed by atoms with Crippen molar-refractivity contribution in [3.05, 3.63) is 59.4 Å². The maximum absolute atomic E-state index is 10.9. The Kier molecular flexibility index (Phi) is 3.41. The number of hydrogen-bond donors (Lipinski definition) is 2. The van der Waals surface area contributed by atoms with E-state index in [1.165, 1.54) is 18.5 Å². The second kappa shape index (κ2) is 5.38. The Bertz CT molecular complexity index is 831. The third-order valence-electron chi connectivity index (χ3n) is 3.01. The zero-order valence-corrected chi connectivity index (χ0v) is 11.5. The molecule has 0 bridgehead atoms. The smallest absolute Gasteiger partial charge is 0.335 e. The van der Waals surface area contributed by atoms with E-state index in [0.717, 1.165) is 10.9 Å². The van der Waals surface area contributed by atoms with Gasteiger partial charge in [-0.3, -0.25) is 0 Å². The molecule has 6 heteroatoms. The van der Waals surface area contributed by atoms with Gasteiger partial charge in [-0.1, -0.05) is 23.7 Å². The Balaban J connectivity index is 2.01. The Morgan fingerprint density at radius 3 is 2.71 bits per heavy atom. The highest BCUT2D eigenvalue weighted by atomic mass is 35.5. The van der Waals surface area contributed by atoms with E-state index in [9.17, 15) is 4.79 Å². The highest BCUT2D eigenvalue weighted by Gasteiger charge is 2.09. The van der Waals surface area contributed by atoms with E-state index in [0.29, 0.717) is 16.5 Å². The fourth-order valence-electron chi connectivity index (χ4n) is 1.98. The molecule has 0 saturated heterocycles. The van der Waals surface area contributed by atoms with Crippen LogP contribution in [0, 0.1) is 0 Å². The molecule has 0 spiro atoms. The summed E-state index contributed by atoms with van der Waals surface area (Å²) in [7, 11) is 0. The normalized spacial score (nSPS) is 10.5. The molecule has 0 radical (unpaired) electrons. The molecule has 0 aliphatic carbocycles. The van der Waals surface area contributed by atoms with Gasteiger partial charge in [0.05, 0.1) is 21.8 Å². The summed E-state index contributed by atoms with van der Waals surface area (Å²) < 4.78 is 0. The number of anilines is 2. The summed E-state index contributed by atoms with van der Waals surface area (Å²) >= 11 is 6.11. The van der Waals surface area contributed by atoms with Crippen LogP contribution in [0.4, 0.5) is 11.5 Å². The number of rotatable bonds is 3. The fourth-order valence-corrected chi connectivity index (χ4v) is 2.21. The first-order valence-corrected chi connectivity index (χ1v) is 6.52. The molecule has 104 valence electrons. The first kappa shape index (κ1) is 13.3. The summed E-state index contributed by atoms with van der Waals surface area (Å²) in [5.41, 5.74) is 1.54. The number of carboxylic acid groups (broad SMARTS) is 1. The summed E-state index contributed by atoms with van der Waals surface area (Å²) in [4.78, 5) is 19.3. The lowest BCUT2D eigenvalue weighted by molar-refractivity contribution is 0.0697. The third kappa shape index (κ3) is 2.64. The van der Waals surface area contributed by atoms with Gasteiger partial charge >= 0.3 is 5.97 Å². The van der Waals surface area contributed by atoms with Crippen molar-refractivity contribution in [2.24, 2.45) is 0 Å². The first-order valence-electron chi connectivity index (χ1n) is 6.15. The number of halogens is 1. The second-order valence-corrected chi connectivity index (χ2v) is 4.77. The van der Waals surface area contributed by atoms with E-state index in [4.69, 9.17) is 16.7 Å². The SMILES string of the molecule is O=C(O)c1ccc(Nc2ncnc3ccccc23)c(Cl)c1. The van der Waals surface area contributed by atoms with Crippen LogP contribution < -0.4 is 5.32 Å². The number of aromatic carboxylic acids is 1. The number of carbonyl (C=O) groups is 1. The summed E-state index contributed by atoms with van der Waals surface area (Å²) in [6.45, 7) is 0. The summed E-state index contributed by atoms with van der Waals surface area (Å²) in [5, 5.41) is 13.2. The van der Waals surface area contributed by atoms with Crippen LogP contribution in [0.25, 0.3) is 10.9 Å². The molecule has 1 aromatic heterocycles. The summed E-state index contributed by atoms with van der Waals surface area (Å²) in [6.07, 6.45) is 1.46. The lowest BCUT2D eigenvalue weighted by atomic mass is 10.2. The minimum absolute atomic E-state index is 0.137. The number of aromatic nitrogens is 2. The van der Waals surface area contributed by atoms with Gasteiger partial charge in [0.2, 0.25) is 0 Å². The molecule has 0 saturated carbocycles. The van der Waals surface area contributed by atoms with Gasteiger partial charge in [-0.25, -0.2) is 14.8 Å². The van der Waals surface area contributed by atoms with Crippen molar-refractivity contribution in [1.29, 1.82) is 0 Å². The van der Waals surface area contributed by atoms with E-state index in [1.54, 1.807) is 6.07 Å². The van der Waals surface area contributed by atoms with E-state index in [2.05, 4.69) is 15.3 Å². The largest absolute Gasteiger partial charge is 0.478 e. The van der Waals surface area contributed by atoms with Gasteiger partial charge < -0.3 is 10.4 Å². The van der Waals surface area contributed by atoms with Gasteiger partial charge in [-0.05, 0) is 30.3 Å². The minimum Gasteiger partial charge on any atom is -0.478 e. The molecule has 0 amide bonds. The first-order chi connectivity index (χ1) is 10.1. The molecule has 3 aromatic rings. The van der Waals surface area contributed by atoms with Crippen LogP contribution in [0.2, 0.25) is 5.02 Å². The van der Waals surface area contributed by atoms with Gasteiger partial charge in [0.25, 0.3) is 0 Å². The van der Waals surface area contributed by atoms with Crippen LogP contribution in [-0.2, 0) is 0 Å². The maximum Gasteiger partial charge on any atom is 0.335 e. The molecule has 1 heterocycles. The Hall–Kier alpha value is -2.66. The average molecular weight is 300 g/mol. The monoisotopic (exact) mass is 299 g/mol. The maximum atomic E-state index is 10.9. The molecule has 0 aliphatic rings. The van der Waals surface area contributed by atoms with Crippen LogP contribution in [0.15, 0.2) is 48.8 Å². The molecular weight excluding hydrogens is 290 g/mol. The van der Waals surface area contributed by atoms with Crippen LogP contribution in [0.3, 0.4) is 0 Å². The molecule has 2 N–H and O–H groups in total. The number of nitrogens with one attached hydrogen (secondary N) is 1. The molecule has 21 heavy (non-hydrogen) atoms. The molecule has 0 atom stereocenters. The third-order valence-corrected chi connectivity index (χ3v) is 3.32. The summed E-state index contributed by atoms with van der Waals surface area (Å²) in [5.74, 6) is -0.401. The topological polar surface area (TPSA) is 75.1 Å². The second-order valence-electron chi connectivity index (χ2n) is 4.36. The standard InChI is InChI=1S/C15H10ClN3O2/c16-11-7-9(15(20)21)5-6-13(11)19-14-10-3-1-2-4-12(10)17-8-18-14/h1-8H,(H,20,21)(H,17,18,19). The van der Waals surface area contributed by atoms with Crippen LogP contribution >= 0.6 is 11.6 Å². The molecule has 0 fully saturated rings. The van der Waals surface area contributed by atoms with Crippen molar-refractivity contribution < 1.29 is 9.90 Å². The quantitative estimate of drug-likeness (QED) is 0.771. The predicted molar refractivity (Wildman–Crippen MR) is 81.2 cm³/mol. The van der Waals surface area contributed by atoms with Crippen LogP contribution in [-0.4, -0.2) is 21.0 Å². The Morgan fingerprint density at radius 1 is 1.14 bits per heavy atom. The number of benzene rings is 2. The van der Waals surface area contributed by atoms with Crippen LogP contribution in [0.5, 0.6) is 0 Å². The Labute approximate surface area is 125 Å². The van der Waals surface area contributed by atoms with Crippen molar-refractivity contribution >= 4 is 40.0 Å². The van der Waals surface area contributed by atoms with Crippen molar-refractivity contribution in [3.63, 3.8) is 0 Å². The number of hydrogen-bond acceptors (Lipinski definition) is 4. The predicted octanol–water partition coefficient (Wildman–Crippen LogP) is 3.73. The van der Waals surface area contributed by atoms with Crippen LogP contribution in [0.1, 0.15) is 10.4 Å². The lowest BCUT2D eigenvalue weighted by Crippen LogP contribution is -1.99. The Morgan fingerprint density at radius 2 is 1.95 bits per heavy atom. The van der Waals surface area contributed by atoms with Gasteiger partial charge in [0, 0.05) is 5.39 Å². The van der Waals surface area contributed by atoms with Crippen molar-refractivity contribution in [2.75, 3.05) is 5.32 Å². The van der Waals surface area contributed by atoms with Crippen molar-refractivity contribution in [2.45, 2.75) is 0 Å². The van der Waals surface area contributed by atoms with Gasteiger partial charge in [-0.15, -0.1) is 0 Å². The van der Waals surface area contributed by atoms with Gasteiger partial charge in [0.15, 0.2) is 0 Å². The van der Waals surface area contributed by atoms with E-state index < -0.39 is 5.97 Å². The number of fused-ring (bicyclic) bond motifs is 1. The molecule has 3 rings (SSSR count). The summed E-state index contributed by atoms with van der Waals surface area (Å²) in [6, 6.07) is 12.1. The molecule has 2 aromatic carbocycles. The molecule has 5 nitrogen and oxygen atoms in total. The number of carboxylic acids is 1. The molecule has 0 unspecified atom stereocenters. The van der Waals surface area contributed by atoms with E-state index >= 15 is 0 Å². The zero-order valence-electron chi connectivity index (χ0n) is 10.7. The number of nitrogens with zero attached hydrogens (tertiary/aromatic N) is 2.